The minimum Gasteiger partial charge on any atom is -0.370 e. The summed E-state index contributed by atoms with van der Waals surface area (Å²) in [6, 6.07) is 11.5. The zero-order valence-electron chi connectivity index (χ0n) is 13.3. The molecule has 0 amide bonds. The van der Waals surface area contributed by atoms with E-state index in [9.17, 15) is 21.6 Å². The Kier molecular flexibility index (Phi) is 4.88. The number of nitrogens with zero attached hydrogens (tertiary/aromatic N) is 2. The van der Waals surface area contributed by atoms with Gasteiger partial charge in [0, 0.05) is 25.0 Å². The molecule has 1 saturated heterocycles. The quantitative estimate of drug-likeness (QED) is 0.894. The first-order valence-electron chi connectivity index (χ1n) is 7.93. The second-order valence-electron chi connectivity index (χ2n) is 6.06. The standard InChI is InChI=1S/C16H18F3N3O2S/c17-16(18,19)25(23,24)22-9-7-12(8-10-22)11-20-15-6-5-13-3-1-2-4-14(13)21-15/h1-6,12H,7-11H2,(H,20,21). The van der Waals surface area contributed by atoms with Gasteiger partial charge >= 0.3 is 15.5 Å². The van der Waals surface area contributed by atoms with Gasteiger partial charge in [-0.05, 0) is 37.0 Å². The molecule has 0 aliphatic carbocycles. The van der Waals surface area contributed by atoms with E-state index in [0.29, 0.717) is 29.5 Å². The number of sulfonamides is 1. The van der Waals surface area contributed by atoms with Gasteiger partial charge in [0.25, 0.3) is 0 Å². The van der Waals surface area contributed by atoms with Crippen molar-refractivity contribution in [1.29, 1.82) is 0 Å². The third-order valence-corrected chi connectivity index (χ3v) is 6.01. The Balaban J connectivity index is 1.55. The summed E-state index contributed by atoms with van der Waals surface area (Å²) in [5.74, 6) is 0.803. The Labute approximate surface area is 143 Å². The molecule has 0 bridgehead atoms. The van der Waals surface area contributed by atoms with Crippen molar-refractivity contribution in [3.63, 3.8) is 0 Å². The van der Waals surface area contributed by atoms with Crippen molar-refractivity contribution in [3.8, 4) is 0 Å². The molecule has 1 aliphatic heterocycles. The van der Waals surface area contributed by atoms with Crippen LogP contribution in [0.5, 0.6) is 0 Å². The van der Waals surface area contributed by atoms with Crippen LogP contribution in [-0.4, -0.2) is 42.8 Å². The number of fused-ring (bicyclic) bond motifs is 1. The van der Waals surface area contributed by atoms with Crippen molar-refractivity contribution >= 4 is 26.7 Å². The van der Waals surface area contributed by atoms with Crippen LogP contribution in [-0.2, 0) is 10.0 Å². The highest BCUT2D eigenvalue weighted by Gasteiger charge is 2.50. The van der Waals surface area contributed by atoms with E-state index in [4.69, 9.17) is 0 Å². The molecule has 5 nitrogen and oxygen atoms in total. The van der Waals surface area contributed by atoms with Gasteiger partial charge in [0.2, 0.25) is 0 Å². The van der Waals surface area contributed by atoms with Gasteiger partial charge in [-0.2, -0.15) is 17.5 Å². The minimum atomic E-state index is -5.23. The van der Waals surface area contributed by atoms with E-state index in [2.05, 4.69) is 10.3 Å². The van der Waals surface area contributed by atoms with E-state index in [1.165, 1.54) is 0 Å². The molecule has 136 valence electrons. The number of nitrogens with one attached hydrogen (secondary N) is 1. The predicted octanol–water partition coefficient (Wildman–Crippen LogP) is 3.21. The second-order valence-corrected chi connectivity index (χ2v) is 7.99. The maximum absolute atomic E-state index is 12.6. The number of benzene rings is 1. The monoisotopic (exact) mass is 373 g/mol. The number of piperidine rings is 1. The Bertz CT molecular complexity index is 847. The van der Waals surface area contributed by atoms with Crippen LogP contribution in [0.3, 0.4) is 0 Å². The summed E-state index contributed by atoms with van der Waals surface area (Å²) in [5.41, 5.74) is -4.37. The number of anilines is 1. The second kappa shape index (κ2) is 6.80. The van der Waals surface area contributed by atoms with E-state index >= 15 is 0 Å². The lowest BCUT2D eigenvalue weighted by Gasteiger charge is -2.31. The van der Waals surface area contributed by atoms with Gasteiger partial charge in [0.1, 0.15) is 5.82 Å². The van der Waals surface area contributed by atoms with Gasteiger partial charge in [0.05, 0.1) is 5.52 Å². The zero-order valence-corrected chi connectivity index (χ0v) is 14.1. The van der Waals surface area contributed by atoms with E-state index in [0.717, 1.165) is 10.9 Å². The molecule has 3 rings (SSSR count). The first-order valence-corrected chi connectivity index (χ1v) is 9.37. The molecule has 1 aliphatic rings. The number of aromatic nitrogens is 1. The molecule has 1 fully saturated rings. The first-order chi connectivity index (χ1) is 11.8. The molecule has 0 saturated carbocycles. The molecule has 1 aromatic heterocycles. The maximum atomic E-state index is 12.6. The smallest absolute Gasteiger partial charge is 0.370 e. The van der Waals surface area contributed by atoms with Crippen molar-refractivity contribution < 1.29 is 21.6 Å². The number of rotatable bonds is 4. The van der Waals surface area contributed by atoms with Gasteiger partial charge in [-0.15, -0.1) is 0 Å². The SMILES string of the molecule is O=S(=O)(N1CCC(CNc2ccc3ccccc3n2)CC1)C(F)(F)F. The maximum Gasteiger partial charge on any atom is 0.511 e. The Morgan fingerprint density at radius 1 is 1.12 bits per heavy atom. The number of para-hydroxylation sites is 1. The van der Waals surface area contributed by atoms with E-state index in [1.807, 2.05) is 36.4 Å². The molecule has 1 aromatic carbocycles. The zero-order chi connectivity index (χ0) is 18.1. The van der Waals surface area contributed by atoms with Crippen LogP contribution < -0.4 is 5.32 Å². The summed E-state index contributed by atoms with van der Waals surface area (Å²) in [6.45, 7) is 0.323. The summed E-state index contributed by atoms with van der Waals surface area (Å²) in [6.07, 6.45) is 0.770. The fraction of sp³-hybridized carbons (Fsp3) is 0.438. The molecule has 9 heteroatoms. The van der Waals surface area contributed by atoms with Crippen LogP contribution in [0, 0.1) is 5.92 Å². The molecule has 0 spiro atoms. The molecule has 0 atom stereocenters. The molecule has 2 aromatic rings. The van der Waals surface area contributed by atoms with E-state index in [-0.39, 0.29) is 19.0 Å². The van der Waals surface area contributed by atoms with Crippen molar-refractivity contribution in [2.24, 2.45) is 5.92 Å². The van der Waals surface area contributed by atoms with Gasteiger partial charge < -0.3 is 5.32 Å². The average Bonchev–Trinajstić information content (AvgIpc) is 2.59. The summed E-state index contributed by atoms with van der Waals surface area (Å²) < 4.78 is 61.0. The lowest BCUT2D eigenvalue weighted by Crippen LogP contribution is -2.45. The third kappa shape index (κ3) is 3.87. The van der Waals surface area contributed by atoms with E-state index < -0.39 is 15.5 Å². The highest BCUT2D eigenvalue weighted by atomic mass is 32.2. The Morgan fingerprint density at radius 2 is 1.80 bits per heavy atom. The lowest BCUT2D eigenvalue weighted by atomic mass is 9.98. The molecule has 25 heavy (non-hydrogen) atoms. The van der Waals surface area contributed by atoms with Crippen molar-refractivity contribution in [1.82, 2.24) is 9.29 Å². The molecule has 1 N–H and O–H groups in total. The molecular weight excluding hydrogens is 355 g/mol. The normalized spacial score (nSPS) is 17.7. The van der Waals surface area contributed by atoms with Gasteiger partial charge in [0.15, 0.2) is 0 Å². The van der Waals surface area contributed by atoms with Gasteiger partial charge in [-0.1, -0.05) is 18.2 Å². The van der Waals surface area contributed by atoms with Crippen molar-refractivity contribution in [2.45, 2.75) is 18.3 Å². The van der Waals surface area contributed by atoms with Crippen LogP contribution in [0.25, 0.3) is 10.9 Å². The van der Waals surface area contributed by atoms with Gasteiger partial charge in [-0.25, -0.2) is 13.4 Å². The summed E-state index contributed by atoms with van der Waals surface area (Å²) in [7, 11) is -5.21. The van der Waals surface area contributed by atoms with Crippen LogP contribution in [0.1, 0.15) is 12.8 Å². The molecule has 0 unspecified atom stereocenters. The van der Waals surface area contributed by atoms with Crippen molar-refractivity contribution in [3.05, 3.63) is 36.4 Å². The predicted molar refractivity (Wildman–Crippen MR) is 89.5 cm³/mol. The summed E-state index contributed by atoms with van der Waals surface area (Å²) in [5, 5.41) is 4.22. The highest BCUT2D eigenvalue weighted by Crippen LogP contribution is 2.30. The Hall–Kier alpha value is -1.87. The minimum absolute atomic E-state index is 0.105. The lowest BCUT2D eigenvalue weighted by molar-refractivity contribution is -0.0496. The number of alkyl halides is 3. The molecule has 0 radical (unpaired) electrons. The number of hydrogen-bond acceptors (Lipinski definition) is 4. The van der Waals surface area contributed by atoms with Crippen LogP contribution in [0.15, 0.2) is 36.4 Å². The van der Waals surface area contributed by atoms with E-state index in [1.54, 1.807) is 0 Å². The number of halogens is 3. The van der Waals surface area contributed by atoms with Crippen LogP contribution >= 0.6 is 0 Å². The number of hydrogen-bond donors (Lipinski definition) is 1. The molecular formula is C16H18F3N3O2S. The molecule has 2 heterocycles. The Morgan fingerprint density at radius 3 is 2.48 bits per heavy atom. The third-order valence-electron chi connectivity index (χ3n) is 4.38. The van der Waals surface area contributed by atoms with Crippen LogP contribution in [0.4, 0.5) is 19.0 Å². The summed E-state index contributed by atoms with van der Waals surface area (Å²) in [4.78, 5) is 4.48. The average molecular weight is 373 g/mol. The fourth-order valence-corrected chi connectivity index (χ4v) is 3.90. The van der Waals surface area contributed by atoms with Crippen molar-refractivity contribution in [2.75, 3.05) is 25.0 Å². The van der Waals surface area contributed by atoms with Crippen LogP contribution in [0.2, 0.25) is 0 Å². The largest absolute Gasteiger partial charge is 0.511 e. The summed E-state index contributed by atoms with van der Waals surface area (Å²) >= 11 is 0. The van der Waals surface area contributed by atoms with Gasteiger partial charge in [-0.3, -0.25) is 0 Å². The fourth-order valence-electron chi connectivity index (χ4n) is 2.91. The number of pyridine rings is 1. The highest BCUT2D eigenvalue weighted by molar-refractivity contribution is 7.90. The topological polar surface area (TPSA) is 62.3 Å². The first kappa shape index (κ1) is 17.9.